The summed E-state index contributed by atoms with van der Waals surface area (Å²) in [7, 11) is 0. The molecule has 3 aromatic rings. The summed E-state index contributed by atoms with van der Waals surface area (Å²) in [5.74, 6) is 0.287. The molecule has 1 amide bonds. The van der Waals surface area contributed by atoms with Crippen LogP contribution in [-0.4, -0.2) is 27.4 Å². The molecule has 9 nitrogen and oxygen atoms in total. The Balaban J connectivity index is 1.55. The van der Waals surface area contributed by atoms with Crippen LogP contribution in [0.1, 0.15) is 5.69 Å². The van der Waals surface area contributed by atoms with Crippen LogP contribution < -0.4 is 15.4 Å². The number of carbonyl (C=O) groups excluding carboxylic acids is 1. The van der Waals surface area contributed by atoms with E-state index in [1.165, 1.54) is 24.5 Å². The van der Waals surface area contributed by atoms with Gasteiger partial charge in [0.25, 0.3) is 5.91 Å². The fourth-order valence-electron chi connectivity index (χ4n) is 2.38. The van der Waals surface area contributed by atoms with Crippen molar-refractivity contribution in [2.24, 2.45) is 0 Å². The van der Waals surface area contributed by atoms with E-state index in [4.69, 9.17) is 4.74 Å². The molecule has 2 N–H and O–H groups in total. The lowest BCUT2D eigenvalue weighted by atomic mass is 10.2. The number of carbonyl (C=O) groups is 1. The Morgan fingerprint density at radius 1 is 1.11 bits per heavy atom. The summed E-state index contributed by atoms with van der Waals surface area (Å²) < 4.78 is 5.27. The summed E-state index contributed by atoms with van der Waals surface area (Å²) in [5.41, 5.74) is 2.03. The number of nitro benzene ring substituents is 1. The first kappa shape index (κ1) is 18.8. The smallest absolute Gasteiger partial charge is 0.310 e. The molecular weight excluding hydrogens is 362 g/mol. The summed E-state index contributed by atoms with van der Waals surface area (Å²) in [6, 6.07) is 14.7. The molecule has 0 atom stereocenters. The third-order valence-corrected chi connectivity index (χ3v) is 3.67. The zero-order chi connectivity index (χ0) is 19.9. The summed E-state index contributed by atoms with van der Waals surface area (Å²) in [4.78, 5) is 30.6. The average molecular weight is 379 g/mol. The van der Waals surface area contributed by atoms with Crippen LogP contribution in [0.25, 0.3) is 0 Å². The molecule has 1 aromatic heterocycles. The molecule has 3 rings (SSSR count). The van der Waals surface area contributed by atoms with Crippen LogP contribution in [0, 0.1) is 17.0 Å². The maximum absolute atomic E-state index is 12.0. The minimum Gasteiger partial charge on any atom is -0.477 e. The van der Waals surface area contributed by atoms with Crippen molar-refractivity contribution in [2.75, 3.05) is 17.2 Å². The van der Waals surface area contributed by atoms with Crippen molar-refractivity contribution in [3.8, 4) is 5.75 Å². The monoisotopic (exact) mass is 379 g/mol. The largest absolute Gasteiger partial charge is 0.477 e. The van der Waals surface area contributed by atoms with Gasteiger partial charge in [0.05, 0.1) is 4.92 Å². The molecule has 0 bridgehead atoms. The number of anilines is 3. The highest BCUT2D eigenvalue weighted by Crippen LogP contribution is 2.25. The van der Waals surface area contributed by atoms with Crippen LogP contribution in [-0.2, 0) is 4.79 Å². The van der Waals surface area contributed by atoms with Crippen LogP contribution >= 0.6 is 0 Å². The van der Waals surface area contributed by atoms with Crippen molar-refractivity contribution in [1.82, 2.24) is 9.97 Å². The minimum absolute atomic E-state index is 0.0438. The fourth-order valence-corrected chi connectivity index (χ4v) is 2.38. The average Bonchev–Trinajstić information content (AvgIpc) is 2.68. The number of nitro groups is 1. The lowest BCUT2D eigenvalue weighted by Crippen LogP contribution is -2.20. The van der Waals surface area contributed by atoms with Gasteiger partial charge in [-0.2, -0.15) is 0 Å². The first-order valence-corrected chi connectivity index (χ1v) is 8.33. The number of aromatic nitrogens is 2. The van der Waals surface area contributed by atoms with E-state index in [1.54, 1.807) is 30.3 Å². The van der Waals surface area contributed by atoms with Gasteiger partial charge in [-0.05, 0) is 37.3 Å². The Kier molecular flexibility index (Phi) is 5.75. The number of nitrogens with one attached hydrogen (secondary N) is 2. The molecule has 28 heavy (non-hydrogen) atoms. The minimum atomic E-state index is -0.557. The van der Waals surface area contributed by atoms with Crippen LogP contribution in [0.4, 0.5) is 22.9 Å². The second kappa shape index (κ2) is 8.58. The Labute approximate surface area is 160 Å². The van der Waals surface area contributed by atoms with E-state index in [0.29, 0.717) is 11.5 Å². The van der Waals surface area contributed by atoms with Gasteiger partial charge in [0.1, 0.15) is 12.1 Å². The van der Waals surface area contributed by atoms with Crippen LogP contribution in [0.5, 0.6) is 5.75 Å². The number of hydrogen-bond donors (Lipinski definition) is 2. The van der Waals surface area contributed by atoms with Gasteiger partial charge in [0.15, 0.2) is 12.4 Å². The predicted octanol–water partition coefficient (Wildman–Crippen LogP) is 3.45. The van der Waals surface area contributed by atoms with Crippen LogP contribution in [0.2, 0.25) is 0 Å². The van der Waals surface area contributed by atoms with Crippen LogP contribution in [0.15, 0.2) is 60.9 Å². The molecule has 2 aromatic carbocycles. The normalized spacial score (nSPS) is 10.2. The van der Waals surface area contributed by atoms with Gasteiger partial charge in [-0.3, -0.25) is 14.9 Å². The second-order valence-corrected chi connectivity index (χ2v) is 5.81. The highest BCUT2D eigenvalue weighted by molar-refractivity contribution is 5.92. The van der Waals surface area contributed by atoms with E-state index in [1.807, 2.05) is 13.0 Å². The Bertz CT molecular complexity index is 992. The number of aryl methyl sites for hydroxylation is 1. The Morgan fingerprint density at radius 3 is 2.54 bits per heavy atom. The van der Waals surface area contributed by atoms with Gasteiger partial charge in [-0.15, -0.1) is 0 Å². The van der Waals surface area contributed by atoms with Gasteiger partial charge < -0.3 is 15.4 Å². The first-order chi connectivity index (χ1) is 13.5. The molecule has 0 fully saturated rings. The lowest BCUT2D eigenvalue weighted by Gasteiger charge is -2.09. The Morgan fingerprint density at radius 2 is 1.82 bits per heavy atom. The number of ether oxygens (including phenoxy) is 1. The molecule has 0 spiro atoms. The van der Waals surface area contributed by atoms with E-state index >= 15 is 0 Å². The molecule has 0 aliphatic carbocycles. The van der Waals surface area contributed by atoms with E-state index in [2.05, 4.69) is 20.6 Å². The third kappa shape index (κ3) is 5.01. The predicted molar refractivity (Wildman–Crippen MR) is 104 cm³/mol. The second-order valence-electron chi connectivity index (χ2n) is 5.81. The topological polar surface area (TPSA) is 119 Å². The van der Waals surface area contributed by atoms with E-state index in [0.717, 1.165) is 11.4 Å². The molecule has 0 aliphatic rings. The maximum Gasteiger partial charge on any atom is 0.310 e. The molecule has 0 aliphatic heterocycles. The zero-order valence-corrected chi connectivity index (χ0v) is 15.0. The molecule has 0 radical (unpaired) electrons. The quantitative estimate of drug-likeness (QED) is 0.476. The molecule has 0 saturated heterocycles. The number of nitrogens with zero attached hydrogens (tertiary/aromatic N) is 3. The first-order valence-electron chi connectivity index (χ1n) is 8.33. The van der Waals surface area contributed by atoms with Gasteiger partial charge >= 0.3 is 5.69 Å². The standard InChI is InChI=1S/C19H17N5O4/c1-13-10-18(21-12-20-13)22-14-6-8-15(9-7-14)23-19(25)11-28-17-5-3-2-4-16(17)24(26)27/h2-10,12H,11H2,1H3,(H,23,25)(H,20,21,22). The van der Waals surface area contributed by atoms with Crippen LogP contribution in [0.3, 0.4) is 0 Å². The number of rotatable bonds is 7. The maximum atomic E-state index is 12.0. The summed E-state index contributed by atoms with van der Waals surface area (Å²) >= 11 is 0. The van der Waals surface area contributed by atoms with E-state index in [9.17, 15) is 14.9 Å². The van der Waals surface area contributed by atoms with Crippen molar-refractivity contribution in [3.63, 3.8) is 0 Å². The summed E-state index contributed by atoms with van der Waals surface area (Å²) in [6.45, 7) is 1.53. The number of amides is 1. The molecule has 0 saturated carbocycles. The molecule has 0 unspecified atom stereocenters. The third-order valence-electron chi connectivity index (χ3n) is 3.67. The molecule has 9 heteroatoms. The van der Waals surface area contributed by atoms with Gasteiger partial charge in [-0.1, -0.05) is 12.1 Å². The zero-order valence-electron chi connectivity index (χ0n) is 15.0. The Hall–Kier alpha value is -4.01. The van der Waals surface area contributed by atoms with Crippen molar-refractivity contribution >= 4 is 28.8 Å². The van der Waals surface area contributed by atoms with Crippen molar-refractivity contribution < 1.29 is 14.5 Å². The van der Waals surface area contributed by atoms with Gasteiger partial charge in [-0.25, -0.2) is 9.97 Å². The SMILES string of the molecule is Cc1cc(Nc2ccc(NC(=O)COc3ccccc3[N+](=O)[O-])cc2)ncn1. The molecule has 1 heterocycles. The summed E-state index contributed by atoms with van der Waals surface area (Å²) in [5, 5.41) is 16.8. The number of para-hydroxylation sites is 2. The summed E-state index contributed by atoms with van der Waals surface area (Å²) in [6.07, 6.45) is 1.48. The van der Waals surface area contributed by atoms with Gasteiger partial charge in [0, 0.05) is 29.2 Å². The van der Waals surface area contributed by atoms with Crippen molar-refractivity contribution in [3.05, 3.63) is 76.7 Å². The number of benzene rings is 2. The van der Waals surface area contributed by atoms with Gasteiger partial charge in [0.2, 0.25) is 0 Å². The highest BCUT2D eigenvalue weighted by atomic mass is 16.6. The lowest BCUT2D eigenvalue weighted by molar-refractivity contribution is -0.385. The highest BCUT2D eigenvalue weighted by Gasteiger charge is 2.15. The van der Waals surface area contributed by atoms with E-state index < -0.39 is 10.8 Å². The molecular formula is C19H17N5O4. The van der Waals surface area contributed by atoms with E-state index in [-0.39, 0.29) is 18.0 Å². The van der Waals surface area contributed by atoms with Crippen molar-refractivity contribution in [2.45, 2.75) is 6.92 Å². The molecule has 142 valence electrons. The number of hydrogen-bond acceptors (Lipinski definition) is 7. The van der Waals surface area contributed by atoms with Crippen molar-refractivity contribution in [1.29, 1.82) is 0 Å². The fraction of sp³-hybridized carbons (Fsp3) is 0.105.